The zero-order valence-corrected chi connectivity index (χ0v) is 18.6. The fraction of sp³-hybridized carbons (Fsp3) is 0.192. The van der Waals surface area contributed by atoms with Crippen molar-refractivity contribution in [1.82, 2.24) is 5.32 Å². The highest BCUT2D eigenvalue weighted by Crippen LogP contribution is 2.27. The Kier molecular flexibility index (Phi) is 6.87. The first-order valence-electron chi connectivity index (χ1n) is 10.8. The number of halogens is 1. The molecule has 0 unspecified atom stereocenters. The van der Waals surface area contributed by atoms with Gasteiger partial charge in [0.05, 0.1) is 24.3 Å². The van der Waals surface area contributed by atoms with Gasteiger partial charge in [0.2, 0.25) is 11.8 Å². The maximum atomic E-state index is 13.2. The Morgan fingerprint density at radius 3 is 2.50 bits per heavy atom. The molecular formula is C26H24FN3O4. The van der Waals surface area contributed by atoms with Crippen LogP contribution in [0, 0.1) is 11.7 Å². The fourth-order valence-electron chi connectivity index (χ4n) is 3.90. The van der Waals surface area contributed by atoms with Gasteiger partial charge in [-0.05, 0) is 42.5 Å². The first kappa shape index (κ1) is 23.0. The van der Waals surface area contributed by atoms with Gasteiger partial charge in [0.25, 0.3) is 5.91 Å². The van der Waals surface area contributed by atoms with Crippen LogP contribution >= 0.6 is 0 Å². The number of rotatable bonds is 7. The molecule has 0 radical (unpaired) electrons. The summed E-state index contributed by atoms with van der Waals surface area (Å²) in [6.07, 6.45) is 0.0331. The fourth-order valence-corrected chi connectivity index (χ4v) is 3.90. The lowest BCUT2D eigenvalue weighted by molar-refractivity contribution is -0.122. The number of carbonyl (C=O) groups excluding carboxylic acids is 3. The number of anilines is 2. The lowest BCUT2D eigenvalue weighted by Crippen LogP contribution is -2.29. The summed E-state index contributed by atoms with van der Waals surface area (Å²) in [4.78, 5) is 39.7. The number of methoxy groups -OCH3 is 1. The second-order valence-corrected chi connectivity index (χ2v) is 7.91. The highest BCUT2D eigenvalue weighted by Gasteiger charge is 2.35. The van der Waals surface area contributed by atoms with Crippen LogP contribution in [0.2, 0.25) is 0 Å². The molecule has 174 valence electrons. The highest BCUT2D eigenvalue weighted by molar-refractivity contribution is 6.07. The van der Waals surface area contributed by atoms with E-state index in [0.29, 0.717) is 22.7 Å². The van der Waals surface area contributed by atoms with Crippen molar-refractivity contribution in [2.24, 2.45) is 5.92 Å². The van der Waals surface area contributed by atoms with E-state index in [4.69, 9.17) is 4.74 Å². The highest BCUT2D eigenvalue weighted by atomic mass is 19.1. The van der Waals surface area contributed by atoms with Gasteiger partial charge in [-0.3, -0.25) is 14.4 Å². The van der Waals surface area contributed by atoms with Crippen LogP contribution in [0.3, 0.4) is 0 Å². The van der Waals surface area contributed by atoms with Crippen LogP contribution in [0.1, 0.15) is 22.3 Å². The van der Waals surface area contributed by atoms with Gasteiger partial charge < -0.3 is 20.3 Å². The van der Waals surface area contributed by atoms with E-state index in [2.05, 4.69) is 10.6 Å². The summed E-state index contributed by atoms with van der Waals surface area (Å²) >= 11 is 0. The molecule has 1 saturated heterocycles. The van der Waals surface area contributed by atoms with Crippen LogP contribution in [0.15, 0.2) is 72.8 Å². The number of hydrogen-bond donors (Lipinski definition) is 2. The van der Waals surface area contributed by atoms with Crippen molar-refractivity contribution in [2.75, 3.05) is 23.9 Å². The predicted molar refractivity (Wildman–Crippen MR) is 126 cm³/mol. The summed E-state index contributed by atoms with van der Waals surface area (Å²) in [5.41, 5.74) is 2.03. The van der Waals surface area contributed by atoms with Crippen LogP contribution in [0.4, 0.5) is 15.8 Å². The first-order chi connectivity index (χ1) is 16.5. The molecule has 0 spiro atoms. The van der Waals surface area contributed by atoms with E-state index >= 15 is 0 Å². The first-order valence-corrected chi connectivity index (χ1v) is 10.8. The normalized spacial score (nSPS) is 15.2. The molecule has 1 heterocycles. The molecule has 7 nitrogen and oxygen atoms in total. The van der Waals surface area contributed by atoms with Crippen molar-refractivity contribution in [3.05, 3.63) is 89.7 Å². The largest absolute Gasteiger partial charge is 0.496 e. The van der Waals surface area contributed by atoms with Crippen molar-refractivity contribution in [3.8, 4) is 5.75 Å². The summed E-state index contributed by atoms with van der Waals surface area (Å²) in [5, 5.41) is 5.64. The van der Waals surface area contributed by atoms with Crippen molar-refractivity contribution in [1.29, 1.82) is 0 Å². The SMILES string of the molecule is COc1ccccc1CNC(=O)c1ccccc1NC(=O)[C@H]1CC(=O)N(c2ccc(F)cc2)C1. The number of nitrogens with zero attached hydrogens (tertiary/aromatic N) is 1. The van der Waals surface area contributed by atoms with Crippen molar-refractivity contribution in [2.45, 2.75) is 13.0 Å². The maximum absolute atomic E-state index is 13.2. The van der Waals surface area contributed by atoms with E-state index in [1.54, 1.807) is 31.4 Å². The quantitative estimate of drug-likeness (QED) is 0.561. The minimum Gasteiger partial charge on any atom is -0.496 e. The summed E-state index contributed by atoms with van der Waals surface area (Å²) in [6.45, 7) is 0.438. The van der Waals surface area contributed by atoms with Gasteiger partial charge in [0.1, 0.15) is 11.6 Å². The topological polar surface area (TPSA) is 87.7 Å². The predicted octanol–water partition coefficient (Wildman–Crippen LogP) is 3.76. The van der Waals surface area contributed by atoms with E-state index < -0.39 is 11.7 Å². The lowest BCUT2D eigenvalue weighted by Gasteiger charge is -2.17. The molecular weight excluding hydrogens is 437 g/mol. The van der Waals surface area contributed by atoms with Crippen LogP contribution in [0.5, 0.6) is 5.75 Å². The standard InChI is InChI=1S/C26H24FN3O4/c1-34-23-9-5-2-6-17(23)15-28-26(33)21-7-3-4-8-22(21)29-25(32)18-14-24(31)30(16-18)20-12-10-19(27)11-13-20/h2-13,18H,14-16H2,1H3,(H,28,33)(H,29,32)/t18-/m0/s1. The van der Waals surface area contributed by atoms with Gasteiger partial charge in [-0.1, -0.05) is 30.3 Å². The number of ether oxygens (including phenoxy) is 1. The second kappa shape index (κ2) is 10.2. The smallest absolute Gasteiger partial charge is 0.253 e. The molecule has 1 atom stereocenters. The molecule has 0 aromatic heterocycles. The van der Waals surface area contributed by atoms with Crippen molar-refractivity contribution in [3.63, 3.8) is 0 Å². The molecule has 3 amide bonds. The van der Waals surface area contributed by atoms with Gasteiger partial charge in [-0.2, -0.15) is 0 Å². The molecule has 1 aliphatic heterocycles. The molecule has 4 rings (SSSR count). The van der Waals surface area contributed by atoms with Gasteiger partial charge in [-0.25, -0.2) is 4.39 Å². The van der Waals surface area contributed by atoms with Gasteiger partial charge in [0, 0.05) is 30.8 Å². The third-order valence-electron chi connectivity index (χ3n) is 5.70. The molecule has 0 saturated carbocycles. The third-order valence-corrected chi connectivity index (χ3v) is 5.70. The van der Waals surface area contributed by atoms with Crippen LogP contribution < -0.4 is 20.3 Å². The summed E-state index contributed by atoms with van der Waals surface area (Å²) in [6, 6.07) is 19.6. The zero-order chi connectivity index (χ0) is 24.1. The average Bonchev–Trinajstić information content (AvgIpc) is 3.25. The second-order valence-electron chi connectivity index (χ2n) is 7.91. The molecule has 0 bridgehead atoms. The number of benzene rings is 3. The number of para-hydroxylation sites is 2. The Labute approximate surface area is 196 Å². The Balaban J connectivity index is 1.42. The van der Waals surface area contributed by atoms with Crippen molar-refractivity contribution < 1.29 is 23.5 Å². The minimum absolute atomic E-state index is 0.0331. The Morgan fingerprint density at radius 2 is 1.74 bits per heavy atom. The molecule has 1 aliphatic rings. The van der Waals surface area contributed by atoms with Crippen LogP contribution in [-0.4, -0.2) is 31.4 Å². The Bertz CT molecular complexity index is 1210. The lowest BCUT2D eigenvalue weighted by atomic mass is 10.1. The molecule has 8 heteroatoms. The van der Waals surface area contributed by atoms with Crippen molar-refractivity contribution >= 4 is 29.1 Å². The van der Waals surface area contributed by atoms with Gasteiger partial charge in [-0.15, -0.1) is 0 Å². The number of amides is 3. The van der Waals surface area contributed by atoms with Gasteiger partial charge >= 0.3 is 0 Å². The Morgan fingerprint density at radius 1 is 1.03 bits per heavy atom. The molecule has 2 N–H and O–H groups in total. The van der Waals surface area contributed by atoms with E-state index in [1.807, 2.05) is 24.3 Å². The zero-order valence-electron chi connectivity index (χ0n) is 18.6. The molecule has 34 heavy (non-hydrogen) atoms. The summed E-state index contributed by atoms with van der Waals surface area (Å²) in [7, 11) is 1.57. The monoisotopic (exact) mass is 461 g/mol. The average molecular weight is 461 g/mol. The number of nitrogens with one attached hydrogen (secondary N) is 2. The Hall–Kier alpha value is -4.20. The van der Waals surface area contributed by atoms with E-state index in [-0.39, 0.29) is 37.2 Å². The molecule has 0 aliphatic carbocycles. The number of hydrogen-bond acceptors (Lipinski definition) is 4. The van der Waals surface area contributed by atoms with E-state index in [9.17, 15) is 18.8 Å². The molecule has 1 fully saturated rings. The van der Waals surface area contributed by atoms with Crippen LogP contribution in [-0.2, 0) is 16.1 Å². The summed E-state index contributed by atoms with van der Waals surface area (Å²) in [5.74, 6) is -1.25. The molecule has 3 aromatic rings. The van der Waals surface area contributed by atoms with E-state index in [1.165, 1.54) is 29.2 Å². The third kappa shape index (κ3) is 5.06. The van der Waals surface area contributed by atoms with Gasteiger partial charge in [0.15, 0.2) is 0 Å². The number of carbonyl (C=O) groups is 3. The van der Waals surface area contributed by atoms with Crippen LogP contribution in [0.25, 0.3) is 0 Å². The van der Waals surface area contributed by atoms with E-state index in [0.717, 1.165) is 5.56 Å². The maximum Gasteiger partial charge on any atom is 0.253 e. The minimum atomic E-state index is -0.595. The molecule has 3 aromatic carbocycles. The summed E-state index contributed by atoms with van der Waals surface area (Å²) < 4.78 is 18.5.